The number of carbonyl (C=O) groups excluding carboxylic acids is 1. The first-order valence-electron chi connectivity index (χ1n) is 7.56. The Labute approximate surface area is 133 Å². The summed E-state index contributed by atoms with van der Waals surface area (Å²) in [6, 6.07) is 5.20. The summed E-state index contributed by atoms with van der Waals surface area (Å²) < 4.78 is 36.4. The van der Waals surface area contributed by atoms with Crippen molar-refractivity contribution >= 4 is 5.91 Å². The van der Waals surface area contributed by atoms with Crippen LogP contribution in [0.2, 0.25) is 0 Å². The van der Waals surface area contributed by atoms with E-state index in [1.807, 2.05) is 28.4 Å². The quantitative estimate of drug-likeness (QED) is 0.883. The van der Waals surface area contributed by atoms with Gasteiger partial charge in [0.05, 0.1) is 11.7 Å². The van der Waals surface area contributed by atoms with E-state index in [2.05, 4.69) is 9.88 Å². The number of nitrogens with one attached hydrogen (secondary N) is 1. The number of piperazine rings is 1. The zero-order valence-corrected chi connectivity index (χ0v) is 13.0. The molecule has 1 fully saturated rings. The van der Waals surface area contributed by atoms with Crippen molar-refractivity contribution in [1.82, 2.24) is 20.1 Å². The molecule has 2 rings (SSSR count). The minimum absolute atomic E-state index is 0.561. The van der Waals surface area contributed by atoms with Crippen LogP contribution >= 0.6 is 0 Å². The van der Waals surface area contributed by atoms with Gasteiger partial charge in [-0.2, -0.15) is 13.2 Å². The molecule has 1 unspecified atom stereocenters. The van der Waals surface area contributed by atoms with Crippen LogP contribution in [0.15, 0.2) is 24.4 Å². The number of hydrogen-bond acceptors (Lipinski definition) is 4. The zero-order chi connectivity index (χ0) is 16.9. The van der Waals surface area contributed by atoms with Crippen molar-refractivity contribution in [3.63, 3.8) is 0 Å². The average Bonchev–Trinajstić information content (AvgIpc) is 2.53. The molecule has 8 heteroatoms. The molecule has 1 aliphatic rings. The molecule has 5 nitrogen and oxygen atoms in total. The zero-order valence-electron chi connectivity index (χ0n) is 13.0. The second kappa shape index (κ2) is 7.74. The van der Waals surface area contributed by atoms with Crippen LogP contribution in [-0.2, 0) is 11.3 Å². The van der Waals surface area contributed by atoms with Crippen LogP contribution in [0, 0.1) is 0 Å². The van der Waals surface area contributed by atoms with Gasteiger partial charge in [-0.25, -0.2) is 0 Å². The van der Waals surface area contributed by atoms with Crippen molar-refractivity contribution in [2.45, 2.75) is 25.7 Å². The molecule has 23 heavy (non-hydrogen) atoms. The van der Waals surface area contributed by atoms with Crippen molar-refractivity contribution < 1.29 is 18.0 Å². The number of carbonyl (C=O) groups is 1. The first-order chi connectivity index (χ1) is 10.8. The number of nitrogens with zero attached hydrogens (tertiary/aromatic N) is 3. The molecule has 1 aromatic heterocycles. The van der Waals surface area contributed by atoms with Crippen LogP contribution in [0.1, 0.15) is 12.6 Å². The molecule has 0 aliphatic carbocycles. The van der Waals surface area contributed by atoms with Crippen LogP contribution in [0.4, 0.5) is 13.2 Å². The van der Waals surface area contributed by atoms with Gasteiger partial charge in [-0.05, 0) is 19.1 Å². The second-order valence-electron chi connectivity index (χ2n) is 5.64. The van der Waals surface area contributed by atoms with Gasteiger partial charge in [0, 0.05) is 38.9 Å². The topological polar surface area (TPSA) is 48.5 Å². The predicted molar refractivity (Wildman–Crippen MR) is 79.6 cm³/mol. The maximum atomic E-state index is 12.1. The lowest BCUT2D eigenvalue weighted by Gasteiger charge is -2.37. The normalized spacial score (nSPS) is 18.6. The molecule has 0 saturated carbocycles. The maximum absolute atomic E-state index is 12.1. The predicted octanol–water partition coefficient (Wildman–Crippen LogP) is 1.27. The van der Waals surface area contributed by atoms with Crippen molar-refractivity contribution in [2.24, 2.45) is 0 Å². The first-order valence-corrected chi connectivity index (χ1v) is 7.56. The number of rotatable bonds is 5. The summed E-state index contributed by atoms with van der Waals surface area (Å²) in [6.07, 6.45) is -2.63. The number of hydrogen-bond donors (Lipinski definition) is 1. The molecule has 1 aromatic rings. The Kier molecular flexibility index (Phi) is 5.95. The molecule has 1 aliphatic heterocycles. The Hall–Kier alpha value is -1.67. The fraction of sp³-hybridized carbons (Fsp3) is 0.600. The van der Waals surface area contributed by atoms with Crippen LogP contribution in [0.5, 0.6) is 0 Å². The molecule has 1 amide bonds. The smallest absolute Gasteiger partial charge is 0.346 e. The Morgan fingerprint density at radius 3 is 2.57 bits per heavy atom. The van der Waals surface area contributed by atoms with E-state index in [4.69, 9.17) is 0 Å². The van der Waals surface area contributed by atoms with E-state index in [0.29, 0.717) is 13.1 Å². The molecule has 0 radical (unpaired) electrons. The summed E-state index contributed by atoms with van der Waals surface area (Å²) in [5.41, 5.74) is 0.983. The van der Waals surface area contributed by atoms with E-state index in [-0.39, 0.29) is 0 Å². The standard InChI is InChI=1S/C15H21F3N4O/c1-12(14(23)20-11-15(16,17)18)22-8-6-21(7-9-22)10-13-4-2-3-5-19-13/h2-5,12H,6-11H2,1H3,(H,20,23). The highest BCUT2D eigenvalue weighted by Crippen LogP contribution is 2.13. The summed E-state index contributed by atoms with van der Waals surface area (Å²) in [5, 5.41) is 1.94. The van der Waals surface area contributed by atoms with Gasteiger partial charge in [-0.15, -0.1) is 0 Å². The minimum atomic E-state index is -4.38. The van der Waals surface area contributed by atoms with Gasteiger partial charge >= 0.3 is 6.18 Å². The maximum Gasteiger partial charge on any atom is 0.405 e. The van der Waals surface area contributed by atoms with E-state index in [0.717, 1.165) is 25.3 Å². The Bertz CT molecular complexity index is 501. The largest absolute Gasteiger partial charge is 0.405 e. The lowest BCUT2D eigenvalue weighted by Crippen LogP contribution is -2.54. The summed E-state index contributed by atoms with van der Waals surface area (Å²) in [5.74, 6) is -0.583. The Balaban J connectivity index is 1.76. The monoisotopic (exact) mass is 330 g/mol. The van der Waals surface area contributed by atoms with Gasteiger partial charge in [0.2, 0.25) is 5.91 Å². The van der Waals surface area contributed by atoms with Crippen LogP contribution in [-0.4, -0.2) is 65.6 Å². The summed E-state index contributed by atoms with van der Waals surface area (Å²) in [6.45, 7) is 3.90. The molecule has 128 valence electrons. The van der Waals surface area contributed by atoms with Gasteiger partial charge in [-0.3, -0.25) is 19.6 Å². The molecule has 1 atom stereocenters. The number of pyridine rings is 1. The van der Waals surface area contributed by atoms with Crippen molar-refractivity contribution in [1.29, 1.82) is 0 Å². The SMILES string of the molecule is CC(C(=O)NCC(F)(F)F)N1CCN(Cc2ccccn2)CC1. The van der Waals surface area contributed by atoms with Gasteiger partial charge in [0.15, 0.2) is 0 Å². The number of halogens is 3. The van der Waals surface area contributed by atoms with Gasteiger partial charge in [0.25, 0.3) is 0 Å². The van der Waals surface area contributed by atoms with Crippen LogP contribution < -0.4 is 5.32 Å². The first kappa shape index (κ1) is 17.7. The van der Waals surface area contributed by atoms with Crippen LogP contribution in [0.25, 0.3) is 0 Å². The van der Waals surface area contributed by atoms with Crippen molar-refractivity contribution in [2.75, 3.05) is 32.7 Å². The van der Waals surface area contributed by atoms with Gasteiger partial charge < -0.3 is 5.32 Å². The van der Waals surface area contributed by atoms with Crippen molar-refractivity contribution in [3.05, 3.63) is 30.1 Å². The highest BCUT2D eigenvalue weighted by molar-refractivity contribution is 5.81. The third kappa shape index (κ3) is 5.80. The fourth-order valence-electron chi connectivity index (χ4n) is 2.53. The third-order valence-corrected chi connectivity index (χ3v) is 3.91. The molecule has 1 saturated heterocycles. The molecule has 0 spiro atoms. The number of aromatic nitrogens is 1. The molecule has 0 bridgehead atoms. The summed E-state index contributed by atoms with van der Waals surface area (Å²) in [7, 11) is 0. The summed E-state index contributed by atoms with van der Waals surface area (Å²) in [4.78, 5) is 20.2. The molecular weight excluding hydrogens is 309 g/mol. The van der Waals surface area contributed by atoms with E-state index < -0.39 is 24.7 Å². The van der Waals surface area contributed by atoms with Crippen LogP contribution in [0.3, 0.4) is 0 Å². The molecule has 0 aromatic carbocycles. The van der Waals surface area contributed by atoms with E-state index >= 15 is 0 Å². The lowest BCUT2D eigenvalue weighted by atomic mass is 10.2. The third-order valence-electron chi connectivity index (χ3n) is 3.91. The van der Waals surface area contributed by atoms with Gasteiger partial charge in [-0.1, -0.05) is 6.07 Å². The van der Waals surface area contributed by atoms with E-state index in [9.17, 15) is 18.0 Å². The van der Waals surface area contributed by atoms with Gasteiger partial charge in [0.1, 0.15) is 6.54 Å². The summed E-state index contributed by atoms with van der Waals surface area (Å²) >= 11 is 0. The van der Waals surface area contributed by atoms with E-state index in [1.54, 1.807) is 13.1 Å². The Morgan fingerprint density at radius 2 is 2.00 bits per heavy atom. The molecular formula is C15H21F3N4O. The molecule has 2 heterocycles. The minimum Gasteiger partial charge on any atom is -0.346 e. The van der Waals surface area contributed by atoms with E-state index in [1.165, 1.54) is 0 Å². The average molecular weight is 330 g/mol. The highest BCUT2D eigenvalue weighted by Gasteiger charge is 2.31. The Morgan fingerprint density at radius 1 is 1.30 bits per heavy atom. The second-order valence-corrected chi connectivity index (χ2v) is 5.64. The lowest BCUT2D eigenvalue weighted by molar-refractivity contribution is -0.141. The number of alkyl halides is 3. The highest BCUT2D eigenvalue weighted by atomic mass is 19.4. The van der Waals surface area contributed by atoms with Crippen molar-refractivity contribution in [3.8, 4) is 0 Å². The fourth-order valence-corrected chi connectivity index (χ4v) is 2.53. The number of amides is 1. The molecule has 1 N–H and O–H groups in total.